The molecule has 4 nitrogen and oxygen atoms in total. The first-order valence-electron chi connectivity index (χ1n) is 8.99. The van der Waals surface area contributed by atoms with Gasteiger partial charge in [-0.05, 0) is 57.0 Å². The lowest BCUT2D eigenvalue weighted by molar-refractivity contribution is -0.204. The van der Waals surface area contributed by atoms with Gasteiger partial charge in [0.05, 0.1) is 0 Å². The SMILES string of the molecule is CC(=O)O[C@H]1[C@H]2CC(=O)[C@H]3CCCN4CCC[C@H]2[C@]34C[C@@H]1C. The molecule has 0 amide bonds. The maximum atomic E-state index is 12.8. The molecule has 2 aliphatic heterocycles. The van der Waals surface area contributed by atoms with Crippen LogP contribution < -0.4 is 0 Å². The monoisotopic (exact) mass is 305 g/mol. The first kappa shape index (κ1) is 14.7. The predicted molar refractivity (Wildman–Crippen MR) is 82.2 cm³/mol. The molecule has 2 saturated carbocycles. The Hall–Kier alpha value is -0.900. The van der Waals surface area contributed by atoms with Crippen LogP contribution >= 0.6 is 0 Å². The first-order chi connectivity index (χ1) is 10.5. The molecule has 6 atom stereocenters. The summed E-state index contributed by atoms with van der Waals surface area (Å²) < 4.78 is 5.70. The molecule has 4 fully saturated rings. The van der Waals surface area contributed by atoms with Crippen LogP contribution in [0.1, 0.15) is 52.4 Å². The third-order valence-corrected chi connectivity index (χ3v) is 6.97. The van der Waals surface area contributed by atoms with Crippen molar-refractivity contribution in [1.29, 1.82) is 0 Å². The molecule has 0 aromatic heterocycles. The molecule has 0 aromatic rings. The summed E-state index contributed by atoms with van der Waals surface area (Å²) in [6.07, 6.45) is 6.27. The van der Waals surface area contributed by atoms with E-state index < -0.39 is 0 Å². The van der Waals surface area contributed by atoms with Crippen molar-refractivity contribution in [2.24, 2.45) is 23.7 Å². The second-order valence-corrected chi connectivity index (χ2v) is 8.01. The van der Waals surface area contributed by atoms with E-state index in [1.54, 1.807) is 0 Å². The van der Waals surface area contributed by atoms with Gasteiger partial charge < -0.3 is 4.74 Å². The lowest BCUT2D eigenvalue weighted by atomic mass is 9.48. The van der Waals surface area contributed by atoms with Crippen molar-refractivity contribution < 1.29 is 14.3 Å². The van der Waals surface area contributed by atoms with E-state index in [9.17, 15) is 9.59 Å². The van der Waals surface area contributed by atoms with Crippen molar-refractivity contribution in [2.75, 3.05) is 13.1 Å². The Morgan fingerprint density at radius 1 is 1.27 bits per heavy atom. The molecule has 0 unspecified atom stereocenters. The molecular formula is C18H27NO3. The highest BCUT2D eigenvalue weighted by molar-refractivity contribution is 5.84. The van der Waals surface area contributed by atoms with Crippen LogP contribution in [-0.2, 0) is 14.3 Å². The molecule has 2 bridgehead atoms. The summed E-state index contributed by atoms with van der Waals surface area (Å²) in [4.78, 5) is 27.0. The summed E-state index contributed by atoms with van der Waals surface area (Å²) in [5.41, 5.74) is 0.0898. The van der Waals surface area contributed by atoms with Crippen molar-refractivity contribution in [1.82, 2.24) is 4.90 Å². The largest absolute Gasteiger partial charge is 0.462 e. The Balaban J connectivity index is 1.76. The van der Waals surface area contributed by atoms with Gasteiger partial charge in [0, 0.05) is 30.7 Å². The van der Waals surface area contributed by atoms with Gasteiger partial charge in [-0.15, -0.1) is 0 Å². The molecule has 2 heterocycles. The maximum absolute atomic E-state index is 12.8. The van der Waals surface area contributed by atoms with Crippen LogP contribution in [0.2, 0.25) is 0 Å². The Kier molecular flexibility index (Phi) is 3.37. The fraction of sp³-hybridized carbons (Fsp3) is 0.889. The molecule has 0 N–H and O–H groups in total. The zero-order chi connectivity index (χ0) is 15.5. The number of ketones is 1. The topological polar surface area (TPSA) is 46.6 Å². The Bertz CT molecular complexity index is 503. The molecule has 4 aliphatic rings. The van der Waals surface area contributed by atoms with Crippen LogP contribution in [0.25, 0.3) is 0 Å². The van der Waals surface area contributed by atoms with Gasteiger partial charge in [-0.1, -0.05) is 6.92 Å². The average molecular weight is 305 g/mol. The van der Waals surface area contributed by atoms with E-state index in [0.717, 1.165) is 32.4 Å². The van der Waals surface area contributed by atoms with E-state index in [2.05, 4.69) is 11.8 Å². The van der Waals surface area contributed by atoms with Gasteiger partial charge in [0.1, 0.15) is 11.9 Å². The fourth-order valence-corrected chi connectivity index (χ4v) is 6.49. The van der Waals surface area contributed by atoms with Gasteiger partial charge in [0.2, 0.25) is 0 Å². The molecule has 2 saturated heterocycles. The van der Waals surface area contributed by atoms with Crippen LogP contribution in [0.3, 0.4) is 0 Å². The van der Waals surface area contributed by atoms with Gasteiger partial charge in [-0.2, -0.15) is 0 Å². The van der Waals surface area contributed by atoms with Crippen LogP contribution in [0.15, 0.2) is 0 Å². The van der Waals surface area contributed by atoms with E-state index in [1.807, 2.05) is 0 Å². The van der Waals surface area contributed by atoms with Crippen molar-refractivity contribution in [2.45, 2.75) is 64.0 Å². The average Bonchev–Trinajstić information content (AvgIpc) is 2.47. The number of hydrogen-bond donors (Lipinski definition) is 0. The molecule has 4 rings (SSSR count). The number of esters is 1. The Morgan fingerprint density at radius 3 is 2.73 bits per heavy atom. The van der Waals surface area contributed by atoms with Crippen molar-refractivity contribution in [3.05, 3.63) is 0 Å². The van der Waals surface area contributed by atoms with E-state index in [0.29, 0.717) is 24.0 Å². The second kappa shape index (κ2) is 5.05. The third-order valence-electron chi connectivity index (χ3n) is 6.97. The number of Topliss-reactive ketones (excluding diaryl/α,β-unsaturated/α-hetero) is 1. The van der Waals surface area contributed by atoms with E-state index in [1.165, 1.54) is 19.8 Å². The standard InChI is InChI=1S/C18H27NO3/c1-11-10-18-14-5-3-7-19(18)8-4-6-15(18)16(21)9-13(14)17(11)22-12(2)20/h11,13-15,17H,3-10H2,1-2H3/t11-,13-,14+,15+,17+,18+/m0/s1. The van der Waals surface area contributed by atoms with Crippen LogP contribution in [0.5, 0.6) is 0 Å². The number of hydrogen-bond acceptors (Lipinski definition) is 4. The molecule has 122 valence electrons. The minimum absolute atomic E-state index is 0.0556. The fourth-order valence-electron chi connectivity index (χ4n) is 6.49. The molecule has 0 aromatic carbocycles. The zero-order valence-electron chi connectivity index (χ0n) is 13.7. The Morgan fingerprint density at radius 2 is 2.00 bits per heavy atom. The van der Waals surface area contributed by atoms with Crippen LogP contribution in [0.4, 0.5) is 0 Å². The smallest absolute Gasteiger partial charge is 0.302 e. The van der Waals surface area contributed by atoms with Gasteiger partial charge in [0.25, 0.3) is 0 Å². The van der Waals surface area contributed by atoms with E-state index in [4.69, 9.17) is 4.74 Å². The maximum Gasteiger partial charge on any atom is 0.302 e. The van der Waals surface area contributed by atoms with Crippen molar-refractivity contribution >= 4 is 11.8 Å². The second-order valence-electron chi connectivity index (χ2n) is 8.01. The molecule has 0 radical (unpaired) electrons. The number of piperidine rings is 2. The van der Waals surface area contributed by atoms with Gasteiger partial charge in [-0.25, -0.2) is 0 Å². The van der Waals surface area contributed by atoms with Crippen LogP contribution in [0, 0.1) is 23.7 Å². The van der Waals surface area contributed by atoms with Gasteiger partial charge >= 0.3 is 5.97 Å². The predicted octanol–water partition coefficient (Wildman–Crippen LogP) is 2.41. The zero-order valence-corrected chi connectivity index (χ0v) is 13.7. The Labute approximate surface area is 132 Å². The van der Waals surface area contributed by atoms with Crippen molar-refractivity contribution in [3.63, 3.8) is 0 Å². The number of ether oxygens (including phenoxy) is 1. The normalized spacial score (nSPS) is 47.7. The summed E-state index contributed by atoms with van der Waals surface area (Å²) >= 11 is 0. The number of rotatable bonds is 1. The van der Waals surface area contributed by atoms with Gasteiger partial charge in [-0.3, -0.25) is 14.5 Å². The number of nitrogens with zero attached hydrogens (tertiary/aromatic N) is 1. The highest BCUT2D eigenvalue weighted by Gasteiger charge is 2.65. The highest BCUT2D eigenvalue weighted by Crippen LogP contribution is 2.59. The van der Waals surface area contributed by atoms with Crippen molar-refractivity contribution in [3.8, 4) is 0 Å². The number of carbonyl (C=O) groups excluding carboxylic acids is 2. The number of carbonyl (C=O) groups is 2. The quantitative estimate of drug-likeness (QED) is 0.698. The molecule has 1 spiro atoms. The van der Waals surface area contributed by atoms with Crippen LogP contribution in [-0.4, -0.2) is 41.4 Å². The third kappa shape index (κ3) is 1.85. The lowest BCUT2D eigenvalue weighted by Crippen LogP contribution is -2.73. The molecule has 22 heavy (non-hydrogen) atoms. The molecule has 2 aliphatic carbocycles. The highest BCUT2D eigenvalue weighted by atomic mass is 16.5. The summed E-state index contributed by atoms with van der Waals surface area (Å²) in [5, 5.41) is 0. The molecule has 4 heteroatoms. The summed E-state index contributed by atoms with van der Waals surface area (Å²) in [5.74, 6) is 1.64. The summed E-state index contributed by atoms with van der Waals surface area (Å²) in [6, 6.07) is 0. The van der Waals surface area contributed by atoms with E-state index in [-0.39, 0.29) is 29.4 Å². The first-order valence-corrected chi connectivity index (χ1v) is 8.99. The summed E-state index contributed by atoms with van der Waals surface area (Å²) in [6.45, 7) is 6.02. The van der Waals surface area contributed by atoms with Gasteiger partial charge in [0.15, 0.2) is 0 Å². The minimum atomic E-state index is -0.196. The minimum Gasteiger partial charge on any atom is -0.462 e. The summed E-state index contributed by atoms with van der Waals surface area (Å²) in [7, 11) is 0. The molecular weight excluding hydrogens is 278 g/mol. The lowest BCUT2D eigenvalue weighted by Gasteiger charge is -2.67. The van der Waals surface area contributed by atoms with E-state index >= 15 is 0 Å².